The number of piperidine rings is 1. The van der Waals surface area contributed by atoms with Gasteiger partial charge in [-0.3, -0.25) is 0 Å². The summed E-state index contributed by atoms with van der Waals surface area (Å²) in [5.41, 5.74) is 1.28. The molecule has 250 valence electrons. The van der Waals surface area contributed by atoms with Crippen LogP contribution in [0.15, 0.2) is 59.5 Å². The molecule has 1 N–H and O–H groups in total. The van der Waals surface area contributed by atoms with Crippen LogP contribution in [0.3, 0.4) is 0 Å². The third kappa shape index (κ3) is 7.52. The number of amides is 1. The van der Waals surface area contributed by atoms with E-state index in [1.165, 1.54) is 19.1 Å². The molecular formula is C31H31ClF2N4O7S2. The molecule has 3 aromatic carbocycles. The molecule has 1 aliphatic rings. The Morgan fingerprint density at radius 1 is 1.11 bits per heavy atom. The third-order valence-corrected chi connectivity index (χ3v) is 10.8. The molecule has 2 atom stereocenters. The number of halogens is 3. The van der Waals surface area contributed by atoms with E-state index in [9.17, 15) is 18.3 Å². The van der Waals surface area contributed by atoms with Gasteiger partial charge in [-0.2, -0.15) is 4.37 Å². The first-order chi connectivity index (χ1) is 22.4. The first kappa shape index (κ1) is 34.1. The van der Waals surface area contributed by atoms with Gasteiger partial charge in [0.2, 0.25) is 5.13 Å². The van der Waals surface area contributed by atoms with E-state index in [1.54, 1.807) is 37.3 Å². The van der Waals surface area contributed by atoms with Gasteiger partial charge in [0, 0.05) is 53.3 Å². The van der Waals surface area contributed by atoms with E-state index in [1.807, 2.05) is 12.1 Å². The van der Waals surface area contributed by atoms with Gasteiger partial charge in [0.15, 0.2) is 11.6 Å². The second-order valence-electron chi connectivity index (χ2n) is 10.8. The molecular weight excluding hydrogens is 678 g/mol. The first-order valence-corrected chi connectivity index (χ1v) is 16.9. The van der Waals surface area contributed by atoms with Gasteiger partial charge in [0.05, 0.1) is 27.4 Å². The van der Waals surface area contributed by atoms with E-state index in [0.29, 0.717) is 34.6 Å². The summed E-state index contributed by atoms with van der Waals surface area (Å²) in [5.74, 6) is -2.60. The zero-order valence-electron chi connectivity index (χ0n) is 25.5. The minimum Gasteiger partial charge on any atom is -0.497 e. The number of benzene rings is 3. The average Bonchev–Trinajstić information content (AvgIpc) is 3.49. The molecule has 47 heavy (non-hydrogen) atoms. The van der Waals surface area contributed by atoms with Crippen LogP contribution in [0, 0.1) is 24.5 Å². The quantitative estimate of drug-likeness (QED) is 0.189. The Labute approximate surface area is 279 Å². The lowest BCUT2D eigenvalue weighted by atomic mass is 9.81. The summed E-state index contributed by atoms with van der Waals surface area (Å²) in [6.45, 7) is 1.33. The van der Waals surface area contributed by atoms with Crippen LogP contribution in [-0.2, 0) is 16.6 Å². The second kappa shape index (κ2) is 14.3. The van der Waals surface area contributed by atoms with Crippen LogP contribution in [-0.4, -0.2) is 67.8 Å². The molecule has 1 fully saturated rings. The molecule has 0 saturated carbocycles. The maximum Gasteiger partial charge on any atom is 0.407 e. The fraction of sp³-hybridized carbons (Fsp3) is 0.323. The lowest BCUT2D eigenvalue weighted by molar-refractivity contribution is 0.0926. The van der Waals surface area contributed by atoms with Crippen molar-refractivity contribution in [3.8, 4) is 17.2 Å². The van der Waals surface area contributed by atoms with E-state index in [-0.39, 0.29) is 43.1 Å². The molecule has 1 amide bonds. The molecule has 11 nitrogen and oxygen atoms in total. The Morgan fingerprint density at radius 2 is 1.85 bits per heavy atom. The molecule has 4 aromatic rings. The van der Waals surface area contributed by atoms with Gasteiger partial charge >= 0.3 is 6.09 Å². The van der Waals surface area contributed by atoms with Gasteiger partial charge in [-0.05, 0) is 55.2 Å². The van der Waals surface area contributed by atoms with Crippen LogP contribution in [0.1, 0.15) is 29.3 Å². The SMILES string of the molecule is COc1ccc(CN(c2nc(C)ns2)S(=O)(=O)c2cc(F)cc(OCC3CN(C(=O)O)CC[C@@H]3c3ccc(Cl)cc3)c2F)c(OC)c1. The fourth-order valence-corrected chi connectivity index (χ4v) is 7.94. The Balaban J connectivity index is 1.48. The Morgan fingerprint density at radius 3 is 2.49 bits per heavy atom. The number of methoxy groups -OCH3 is 2. The molecule has 1 aromatic heterocycles. The van der Waals surface area contributed by atoms with Gasteiger partial charge in [0.25, 0.3) is 10.0 Å². The number of aryl methyl sites for hydroxylation is 1. The first-order valence-electron chi connectivity index (χ1n) is 14.3. The van der Waals surface area contributed by atoms with Crippen molar-refractivity contribution in [2.24, 2.45) is 5.92 Å². The summed E-state index contributed by atoms with van der Waals surface area (Å²) < 4.78 is 80.8. The largest absolute Gasteiger partial charge is 0.497 e. The monoisotopic (exact) mass is 708 g/mol. The molecule has 5 rings (SSSR count). The highest BCUT2D eigenvalue weighted by Gasteiger charge is 2.36. The Hall–Kier alpha value is -4.21. The standard InChI is InChI=1S/C31H31ClF2N4O7S2/c1-18-35-30(46-36-18)38(16-20-6-9-24(43-2)14-26(20)44-3)47(41,42)28-13-23(33)12-27(29(28)34)45-17-21-15-37(31(39)40)11-10-25(21)19-4-7-22(32)8-5-19/h4-9,12-14,21,25H,10-11,15-17H2,1-3H3,(H,39,40)/t21?,25-/m1/s1. The summed E-state index contributed by atoms with van der Waals surface area (Å²) in [7, 11) is -1.94. The number of rotatable bonds is 11. The Kier molecular flexibility index (Phi) is 10.4. The number of likely N-dealkylation sites (tertiary alicyclic amines) is 1. The van der Waals surface area contributed by atoms with Gasteiger partial charge in [-0.25, -0.2) is 31.3 Å². The zero-order valence-corrected chi connectivity index (χ0v) is 27.9. The van der Waals surface area contributed by atoms with Crippen LogP contribution < -0.4 is 18.5 Å². The van der Waals surface area contributed by atoms with Crippen LogP contribution in [0.2, 0.25) is 5.02 Å². The van der Waals surface area contributed by atoms with Gasteiger partial charge in [0.1, 0.15) is 28.0 Å². The zero-order chi connectivity index (χ0) is 33.9. The molecule has 1 saturated heterocycles. The predicted molar refractivity (Wildman–Crippen MR) is 171 cm³/mol. The van der Waals surface area contributed by atoms with Crippen molar-refractivity contribution in [3.63, 3.8) is 0 Å². The summed E-state index contributed by atoms with van der Waals surface area (Å²) in [5, 5.41) is 10.1. The summed E-state index contributed by atoms with van der Waals surface area (Å²) in [4.78, 5) is 16.2. The molecule has 0 radical (unpaired) electrons. The van der Waals surface area contributed by atoms with Crippen molar-refractivity contribution in [1.29, 1.82) is 0 Å². The molecule has 0 spiro atoms. The number of ether oxygens (including phenoxy) is 3. The number of sulfonamides is 1. The van der Waals surface area contributed by atoms with Gasteiger partial charge < -0.3 is 24.2 Å². The topological polar surface area (TPSA) is 131 Å². The Bertz CT molecular complexity index is 1860. The molecule has 2 heterocycles. The number of carboxylic acid groups (broad SMARTS) is 1. The van der Waals surface area contributed by atoms with Crippen molar-refractivity contribution in [2.45, 2.75) is 30.7 Å². The van der Waals surface area contributed by atoms with Crippen molar-refractivity contribution in [3.05, 3.63) is 88.2 Å². The van der Waals surface area contributed by atoms with Gasteiger partial charge in [-0.1, -0.05) is 23.7 Å². The van der Waals surface area contributed by atoms with Crippen LogP contribution in [0.4, 0.5) is 18.7 Å². The van der Waals surface area contributed by atoms with Crippen molar-refractivity contribution < 1.29 is 41.3 Å². The normalized spacial score (nSPS) is 16.5. The molecule has 0 bridgehead atoms. The third-order valence-electron chi connectivity index (χ3n) is 7.83. The van der Waals surface area contributed by atoms with Gasteiger partial charge in [-0.15, -0.1) is 0 Å². The summed E-state index contributed by atoms with van der Waals surface area (Å²) in [6, 6.07) is 13.2. The van der Waals surface area contributed by atoms with Crippen molar-refractivity contribution in [2.75, 3.05) is 38.2 Å². The highest BCUT2D eigenvalue weighted by atomic mass is 35.5. The lowest BCUT2D eigenvalue weighted by Gasteiger charge is -2.37. The van der Waals surface area contributed by atoms with Crippen LogP contribution >= 0.6 is 23.1 Å². The minimum atomic E-state index is -4.82. The van der Waals surface area contributed by atoms with E-state index in [2.05, 4.69) is 9.36 Å². The molecule has 1 aliphatic heterocycles. The smallest absolute Gasteiger partial charge is 0.407 e. The van der Waals surface area contributed by atoms with E-state index < -0.39 is 44.3 Å². The number of hydrogen-bond donors (Lipinski definition) is 1. The molecule has 16 heteroatoms. The fourth-order valence-electron chi connectivity index (χ4n) is 5.45. The van der Waals surface area contributed by atoms with Crippen molar-refractivity contribution in [1.82, 2.24) is 14.3 Å². The number of aromatic nitrogens is 2. The minimum absolute atomic E-state index is 0.0680. The van der Waals surface area contributed by atoms with E-state index >= 15 is 8.78 Å². The van der Waals surface area contributed by atoms with Crippen LogP contribution in [0.25, 0.3) is 0 Å². The number of carbonyl (C=O) groups is 1. The molecule has 0 aliphatic carbocycles. The van der Waals surface area contributed by atoms with E-state index in [4.69, 9.17) is 25.8 Å². The maximum atomic E-state index is 16.1. The predicted octanol–water partition coefficient (Wildman–Crippen LogP) is 6.35. The molecule has 1 unspecified atom stereocenters. The number of nitrogens with zero attached hydrogens (tertiary/aromatic N) is 4. The lowest BCUT2D eigenvalue weighted by Crippen LogP contribution is -2.44. The highest BCUT2D eigenvalue weighted by molar-refractivity contribution is 7.93. The number of anilines is 1. The average molecular weight is 709 g/mol. The number of hydrogen-bond acceptors (Lipinski definition) is 9. The maximum absolute atomic E-state index is 16.1. The van der Waals surface area contributed by atoms with Crippen molar-refractivity contribution >= 4 is 44.4 Å². The van der Waals surface area contributed by atoms with E-state index in [0.717, 1.165) is 27.5 Å². The highest BCUT2D eigenvalue weighted by Crippen LogP contribution is 2.37. The second-order valence-corrected chi connectivity index (χ2v) is 13.8. The summed E-state index contributed by atoms with van der Waals surface area (Å²) >= 11 is 6.83. The van der Waals surface area contributed by atoms with Crippen LogP contribution in [0.5, 0.6) is 17.2 Å². The summed E-state index contributed by atoms with van der Waals surface area (Å²) in [6.07, 6.45) is -0.659.